The average Bonchev–Trinajstić information content (AvgIpc) is 2.78. The Morgan fingerprint density at radius 1 is 1.47 bits per heavy atom. The van der Waals surface area contributed by atoms with Gasteiger partial charge in [-0.1, -0.05) is 13.3 Å². The van der Waals surface area contributed by atoms with Crippen molar-refractivity contribution in [3.63, 3.8) is 0 Å². The second-order valence-corrected chi connectivity index (χ2v) is 5.81. The standard InChI is InChI=1S/C13H20N4OS/c1-4-5-6-14-13-11-9(7-10(18)16-11)15-12(17-13)8(2)19-3/h8H,4-7H2,1-3H3,(H,16,18)(H,14,15,17). The number of nitrogens with zero attached hydrogens (tertiary/aromatic N) is 2. The van der Waals surface area contributed by atoms with Gasteiger partial charge in [0.05, 0.1) is 17.4 Å². The first-order valence-electron chi connectivity index (χ1n) is 6.63. The van der Waals surface area contributed by atoms with Crippen LogP contribution in [0.15, 0.2) is 0 Å². The van der Waals surface area contributed by atoms with Crippen molar-refractivity contribution in [2.75, 3.05) is 23.4 Å². The quantitative estimate of drug-likeness (QED) is 0.784. The zero-order valence-electron chi connectivity index (χ0n) is 11.6. The molecule has 1 aromatic heterocycles. The van der Waals surface area contributed by atoms with Gasteiger partial charge in [-0.05, 0) is 19.6 Å². The number of unbranched alkanes of at least 4 members (excludes halogenated alkanes) is 1. The molecule has 6 heteroatoms. The molecule has 1 unspecified atom stereocenters. The van der Waals surface area contributed by atoms with Gasteiger partial charge >= 0.3 is 0 Å². The first-order chi connectivity index (χ1) is 9.15. The fourth-order valence-electron chi connectivity index (χ4n) is 1.92. The van der Waals surface area contributed by atoms with E-state index < -0.39 is 0 Å². The monoisotopic (exact) mass is 280 g/mol. The summed E-state index contributed by atoms with van der Waals surface area (Å²) in [4.78, 5) is 20.6. The highest BCUT2D eigenvalue weighted by molar-refractivity contribution is 7.98. The number of nitrogens with one attached hydrogen (secondary N) is 2. The summed E-state index contributed by atoms with van der Waals surface area (Å²) in [5.41, 5.74) is 1.58. The maximum absolute atomic E-state index is 11.5. The Balaban J connectivity index is 2.28. The third-order valence-electron chi connectivity index (χ3n) is 3.13. The smallest absolute Gasteiger partial charge is 0.230 e. The molecule has 5 nitrogen and oxygen atoms in total. The molecule has 1 aliphatic rings. The lowest BCUT2D eigenvalue weighted by atomic mass is 10.2. The predicted octanol–water partition coefficient (Wildman–Crippen LogP) is 2.61. The highest BCUT2D eigenvalue weighted by Crippen LogP contribution is 2.32. The molecule has 0 saturated carbocycles. The molecule has 19 heavy (non-hydrogen) atoms. The van der Waals surface area contributed by atoms with E-state index in [1.807, 2.05) is 6.26 Å². The summed E-state index contributed by atoms with van der Waals surface area (Å²) in [6.45, 7) is 5.09. The highest BCUT2D eigenvalue weighted by Gasteiger charge is 2.25. The van der Waals surface area contributed by atoms with Crippen molar-refractivity contribution in [3.05, 3.63) is 11.5 Å². The molecule has 0 radical (unpaired) electrons. The van der Waals surface area contributed by atoms with Crippen molar-refractivity contribution < 1.29 is 4.79 Å². The van der Waals surface area contributed by atoms with Crippen LogP contribution in [0.4, 0.5) is 11.5 Å². The molecule has 2 heterocycles. The predicted molar refractivity (Wildman–Crippen MR) is 79.7 cm³/mol. The van der Waals surface area contributed by atoms with Crippen LogP contribution in [0.5, 0.6) is 0 Å². The molecule has 1 aliphatic heterocycles. The Morgan fingerprint density at radius 3 is 2.95 bits per heavy atom. The molecule has 0 saturated heterocycles. The lowest BCUT2D eigenvalue weighted by Crippen LogP contribution is -2.10. The van der Waals surface area contributed by atoms with Gasteiger partial charge in [0.2, 0.25) is 5.91 Å². The van der Waals surface area contributed by atoms with Gasteiger partial charge in [-0.2, -0.15) is 11.8 Å². The summed E-state index contributed by atoms with van der Waals surface area (Å²) in [6, 6.07) is 0. The second-order valence-electron chi connectivity index (χ2n) is 4.64. The summed E-state index contributed by atoms with van der Waals surface area (Å²) < 4.78 is 0. The molecule has 1 atom stereocenters. The fourth-order valence-corrected chi connectivity index (χ4v) is 2.24. The van der Waals surface area contributed by atoms with Gasteiger partial charge in [0.25, 0.3) is 0 Å². The van der Waals surface area contributed by atoms with Crippen molar-refractivity contribution >= 4 is 29.2 Å². The summed E-state index contributed by atoms with van der Waals surface area (Å²) >= 11 is 1.70. The number of thioether (sulfide) groups is 1. The van der Waals surface area contributed by atoms with Crippen molar-refractivity contribution in [2.45, 2.75) is 38.4 Å². The first kappa shape index (κ1) is 14.1. The molecule has 0 fully saturated rings. The summed E-state index contributed by atoms with van der Waals surface area (Å²) in [7, 11) is 0. The Hall–Kier alpha value is -1.30. The van der Waals surface area contributed by atoms with Crippen LogP contribution in [-0.4, -0.2) is 28.7 Å². The molecule has 0 spiro atoms. The molecule has 0 aliphatic carbocycles. The van der Waals surface area contributed by atoms with E-state index in [0.29, 0.717) is 6.42 Å². The van der Waals surface area contributed by atoms with Gasteiger partial charge in [0.15, 0.2) is 5.82 Å². The number of fused-ring (bicyclic) bond motifs is 1. The van der Waals surface area contributed by atoms with E-state index in [-0.39, 0.29) is 11.2 Å². The van der Waals surface area contributed by atoms with E-state index in [0.717, 1.165) is 42.4 Å². The number of carbonyl (C=O) groups is 1. The Bertz CT molecular complexity index is 478. The van der Waals surface area contributed by atoms with Crippen LogP contribution in [0, 0.1) is 0 Å². The molecule has 2 N–H and O–H groups in total. The normalized spacial score (nSPS) is 15.0. The number of anilines is 2. The van der Waals surface area contributed by atoms with E-state index in [1.165, 1.54) is 0 Å². The van der Waals surface area contributed by atoms with Gasteiger partial charge in [0.1, 0.15) is 11.5 Å². The summed E-state index contributed by atoms with van der Waals surface area (Å²) in [5.74, 6) is 1.55. The van der Waals surface area contributed by atoms with E-state index in [2.05, 4.69) is 34.4 Å². The van der Waals surface area contributed by atoms with Crippen LogP contribution < -0.4 is 10.6 Å². The SMILES string of the molecule is CCCCNc1nc(C(C)SC)nc2c1NC(=O)C2. The van der Waals surface area contributed by atoms with Crippen molar-refractivity contribution in [3.8, 4) is 0 Å². The van der Waals surface area contributed by atoms with E-state index in [4.69, 9.17) is 0 Å². The van der Waals surface area contributed by atoms with Crippen LogP contribution in [0.1, 0.15) is 43.5 Å². The van der Waals surface area contributed by atoms with Crippen LogP contribution in [0.25, 0.3) is 0 Å². The van der Waals surface area contributed by atoms with Gasteiger partial charge in [-0.15, -0.1) is 0 Å². The van der Waals surface area contributed by atoms with Gasteiger partial charge in [0, 0.05) is 6.54 Å². The fraction of sp³-hybridized carbons (Fsp3) is 0.615. The van der Waals surface area contributed by atoms with E-state index >= 15 is 0 Å². The van der Waals surface area contributed by atoms with E-state index in [1.54, 1.807) is 11.8 Å². The Kier molecular flexibility index (Phi) is 4.63. The number of aromatic nitrogens is 2. The van der Waals surface area contributed by atoms with Crippen LogP contribution >= 0.6 is 11.8 Å². The third kappa shape index (κ3) is 3.18. The van der Waals surface area contributed by atoms with Gasteiger partial charge < -0.3 is 10.6 Å². The maximum Gasteiger partial charge on any atom is 0.230 e. The first-order valence-corrected chi connectivity index (χ1v) is 7.91. The average molecular weight is 280 g/mol. The lowest BCUT2D eigenvalue weighted by Gasteiger charge is -2.13. The third-order valence-corrected chi connectivity index (χ3v) is 4.05. The summed E-state index contributed by atoms with van der Waals surface area (Å²) in [5, 5.41) is 6.38. The number of amides is 1. The molecule has 0 aromatic carbocycles. The van der Waals surface area contributed by atoms with Crippen molar-refractivity contribution in [1.29, 1.82) is 0 Å². The number of hydrogen-bond donors (Lipinski definition) is 2. The van der Waals surface area contributed by atoms with Crippen LogP contribution in [0.3, 0.4) is 0 Å². The Morgan fingerprint density at radius 2 is 2.26 bits per heavy atom. The zero-order valence-corrected chi connectivity index (χ0v) is 12.4. The number of carbonyl (C=O) groups excluding carboxylic acids is 1. The topological polar surface area (TPSA) is 66.9 Å². The van der Waals surface area contributed by atoms with Crippen LogP contribution in [-0.2, 0) is 11.2 Å². The van der Waals surface area contributed by atoms with Gasteiger partial charge in [-0.3, -0.25) is 4.79 Å². The van der Waals surface area contributed by atoms with Crippen molar-refractivity contribution in [1.82, 2.24) is 9.97 Å². The lowest BCUT2D eigenvalue weighted by molar-refractivity contribution is -0.115. The van der Waals surface area contributed by atoms with E-state index in [9.17, 15) is 4.79 Å². The largest absolute Gasteiger partial charge is 0.368 e. The molecular formula is C13H20N4OS. The summed E-state index contributed by atoms with van der Waals surface area (Å²) in [6.07, 6.45) is 4.60. The number of hydrogen-bond acceptors (Lipinski definition) is 5. The van der Waals surface area contributed by atoms with Crippen molar-refractivity contribution in [2.24, 2.45) is 0 Å². The molecule has 0 bridgehead atoms. The van der Waals surface area contributed by atoms with Gasteiger partial charge in [-0.25, -0.2) is 9.97 Å². The molecular weight excluding hydrogens is 260 g/mol. The molecule has 2 rings (SSSR count). The number of rotatable bonds is 6. The second kappa shape index (κ2) is 6.23. The minimum absolute atomic E-state index is 0.00297. The highest BCUT2D eigenvalue weighted by atomic mass is 32.2. The zero-order chi connectivity index (χ0) is 13.8. The maximum atomic E-state index is 11.5. The molecule has 1 amide bonds. The van der Waals surface area contributed by atoms with Crippen LogP contribution in [0.2, 0.25) is 0 Å². The molecule has 1 aromatic rings. The Labute approximate surface area is 118 Å². The minimum atomic E-state index is -0.00297. The molecule has 104 valence electrons. The minimum Gasteiger partial charge on any atom is -0.368 e.